The Balaban J connectivity index is 2.74. The molecule has 0 radical (unpaired) electrons. The molecule has 1 heterocycles. The molecule has 0 spiro atoms. The summed E-state index contributed by atoms with van der Waals surface area (Å²) in [4.78, 5) is 4.26. The number of hydrogen-bond donors (Lipinski definition) is 0. The molecule has 0 fully saturated rings. The summed E-state index contributed by atoms with van der Waals surface area (Å²) in [5, 5.41) is 1.14. The topological polar surface area (TPSA) is 22.1 Å². The average molecular weight is 285 g/mol. The Morgan fingerprint density at radius 2 is 2.15 bits per heavy atom. The van der Waals surface area contributed by atoms with Crippen molar-refractivity contribution in [2.75, 3.05) is 7.11 Å². The number of aromatic nitrogens is 1. The van der Waals surface area contributed by atoms with Crippen molar-refractivity contribution in [3.63, 3.8) is 0 Å². The summed E-state index contributed by atoms with van der Waals surface area (Å²) < 4.78 is 6.34. The van der Waals surface area contributed by atoms with E-state index in [1.165, 1.54) is 3.57 Å². The fourth-order valence-electron chi connectivity index (χ4n) is 1.22. The Labute approximate surface area is 90.1 Å². The molecule has 0 saturated carbocycles. The SMILES string of the molecule is COc1ccc2nccc(I)c2c1. The van der Waals surface area contributed by atoms with Crippen molar-refractivity contribution in [1.29, 1.82) is 0 Å². The molecule has 0 aliphatic carbocycles. The minimum atomic E-state index is 0.874. The van der Waals surface area contributed by atoms with Gasteiger partial charge < -0.3 is 4.74 Å². The first kappa shape index (κ1) is 8.74. The molecule has 0 atom stereocenters. The van der Waals surface area contributed by atoms with Crippen LogP contribution in [0.5, 0.6) is 5.75 Å². The van der Waals surface area contributed by atoms with Crippen LogP contribution in [0.3, 0.4) is 0 Å². The van der Waals surface area contributed by atoms with Crippen molar-refractivity contribution in [2.45, 2.75) is 0 Å². The summed E-state index contributed by atoms with van der Waals surface area (Å²) in [6.07, 6.45) is 1.82. The largest absolute Gasteiger partial charge is 0.497 e. The molecule has 1 aromatic heterocycles. The molecule has 0 amide bonds. The smallest absolute Gasteiger partial charge is 0.119 e. The maximum absolute atomic E-state index is 5.15. The van der Waals surface area contributed by atoms with Gasteiger partial charge in [0.1, 0.15) is 5.75 Å². The number of ether oxygens (including phenoxy) is 1. The number of hydrogen-bond acceptors (Lipinski definition) is 2. The zero-order chi connectivity index (χ0) is 9.26. The van der Waals surface area contributed by atoms with E-state index >= 15 is 0 Å². The van der Waals surface area contributed by atoms with Crippen molar-refractivity contribution in [3.05, 3.63) is 34.0 Å². The lowest BCUT2D eigenvalue weighted by molar-refractivity contribution is 0.415. The molecule has 13 heavy (non-hydrogen) atoms. The van der Waals surface area contributed by atoms with Crippen LogP contribution in [-0.2, 0) is 0 Å². The second-order valence-electron chi connectivity index (χ2n) is 2.68. The lowest BCUT2D eigenvalue weighted by Gasteiger charge is -2.02. The van der Waals surface area contributed by atoms with E-state index in [9.17, 15) is 0 Å². The molecule has 0 aliphatic rings. The minimum Gasteiger partial charge on any atom is -0.497 e. The van der Waals surface area contributed by atoms with Gasteiger partial charge in [0.25, 0.3) is 0 Å². The first-order valence-corrected chi connectivity index (χ1v) is 4.97. The molecule has 2 nitrogen and oxygen atoms in total. The van der Waals surface area contributed by atoms with Gasteiger partial charge in [-0.2, -0.15) is 0 Å². The standard InChI is InChI=1S/C10H8INO/c1-13-7-2-3-10-8(6-7)9(11)4-5-12-10/h2-6H,1H3. The summed E-state index contributed by atoms with van der Waals surface area (Å²) in [5.41, 5.74) is 1.01. The number of pyridine rings is 1. The van der Waals surface area contributed by atoms with Crippen molar-refractivity contribution >= 4 is 33.5 Å². The van der Waals surface area contributed by atoms with Crippen LogP contribution < -0.4 is 4.74 Å². The molecule has 1 aromatic carbocycles. The second-order valence-corrected chi connectivity index (χ2v) is 3.84. The average Bonchev–Trinajstić information content (AvgIpc) is 2.18. The number of fused-ring (bicyclic) bond motifs is 1. The Morgan fingerprint density at radius 3 is 2.92 bits per heavy atom. The van der Waals surface area contributed by atoms with Crippen LogP contribution in [-0.4, -0.2) is 12.1 Å². The molecular weight excluding hydrogens is 277 g/mol. The Morgan fingerprint density at radius 1 is 1.31 bits per heavy atom. The maximum atomic E-state index is 5.15. The minimum absolute atomic E-state index is 0.874. The van der Waals surface area contributed by atoms with Crippen LogP contribution in [0, 0.1) is 3.57 Å². The highest BCUT2D eigenvalue weighted by Crippen LogP contribution is 2.23. The molecule has 3 heteroatoms. The monoisotopic (exact) mass is 285 g/mol. The van der Waals surface area contributed by atoms with E-state index < -0.39 is 0 Å². The first-order valence-electron chi connectivity index (χ1n) is 3.89. The number of rotatable bonds is 1. The van der Waals surface area contributed by atoms with Crippen molar-refractivity contribution in [2.24, 2.45) is 0 Å². The summed E-state index contributed by atoms with van der Waals surface area (Å²) >= 11 is 2.30. The quantitative estimate of drug-likeness (QED) is 0.752. The van der Waals surface area contributed by atoms with E-state index in [4.69, 9.17) is 4.74 Å². The van der Waals surface area contributed by atoms with Crippen LogP contribution in [0.25, 0.3) is 10.9 Å². The highest BCUT2D eigenvalue weighted by atomic mass is 127. The maximum Gasteiger partial charge on any atom is 0.119 e. The highest BCUT2D eigenvalue weighted by molar-refractivity contribution is 14.1. The zero-order valence-corrected chi connectivity index (χ0v) is 9.28. The third-order valence-electron chi connectivity index (χ3n) is 1.90. The van der Waals surface area contributed by atoms with Crippen molar-refractivity contribution < 1.29 is 4.74 Å². The number of benzene rings is 1. The molecule has 66 valence electrons. The molecule has 0 saturated heterocycles. The van der Waals surface area contributed by atoms with E-state index in [1.54, 1.807) is 7.11 Å². The number of halogens is 1. The third kappa shape index (κ3) is 1.60. The molecule has 0 bridgehead atoms. The van der Waals surface area contributed by atoms with Crippen molar-refractivity contribution in [3.8, 4) is 5.75 Å². The van der Waals surface area contributed by atoms with E-state index in [0.717, 1.165) is 16.7 Å². The fourth-order valence-corrected chi connectivity index (χ4v) is 1.81. The van der Waals surface area contributed by atoms with Gasteiger partial charge in [-0.25, -0.2) is 0 Å². The summed E-state index contributed by atoms with van der Waals surface area (Å²) in [7, 11) is 1.67. The van der Waals surface area contributed by atoms with Gasteiger partial charge in [0.15, 0.2) is 0 Å². The van der Waals surface area contributed by atoms with Gasteiger partial charge in [-0.1, -0.05) is 0 Å². The third-order valence-corrected chi connectivity index (χ3v) is 2.84. The van der Waals surface area contributed by atoms with Gasteiger partial charge in [0.05, 0.1) is 12.6 Å². The van der Waals surface area contributed by atoms with Gasteiger partial charge in [-0.05, 0) is 46.9 Å². The zero-order valence-electron chi connectivity index (χ0n) is 7.12. The predicted octanol–water partition coefficient (Wildman–Crippen LogP) is 2.85. The van der Waals surface area contributed by atoms with Crippen molar-refractivity contribution in [1.82, 2.24) is 4.98 Å². The van der Waals surface area contributed by atoms with Gasteiger partial charge in [0, 0.05) is 15.2 Å². The van der Waals surface area contributed by atoms with E-state index in [2.05, 4.69) is 27.6 Å². The molecule has 2 rings (SSSR count). The van der Waals surface area contributed by atoms with Gasteiger partial charge in [0.2, 0.25) is 0 Å². The normalized spacial score (nSPS) is 10.3. The molecule has 2 aromatic rings. The second kappa shape index (κ2) is 3.49. The lowest BCUT2D eigenvalue weighted by Crippen LogP contribution is -1.85. The lowest BCUT2D eigenvalue weighted by atomic mass is 10.2. The van der Waals surface area contributed by atoms with Crippen LogP contribution in [0.2, 0.25) is 0 Å². The van der Waals surface area contributed by atoms with Crippen LogP contribution in [0.4, 0.5) is 0 Å². The van der Waals surface area contributed by atoms with Crippen LogP contribution in [0.15, 0.2) is 30.5 Å². The van der Waals surface area contributed by atoms with E-state index in [-0.39, 0.29) is 0 Å². The van der Waals surface area contributed by atoms with Crippen LogP contribution in [0.1, 0.15) is 0 Å². The molecule has 0 unspecified atom stereocenters. The van der Waals surface area contributed by atoms with E-state index in [0.29, 0.717) is 0 Å². The number of methoxy groups -OCH3 is 1. The Hall–Kier alpha value is -0.840. The number of nitrogens with zero attached hydrogens (tertiary/aromatic N) is 1. The van der Waals surface area contributed by atoms with Gasteiger partial charge >= 0.3 is 0 Å². The molecule has 0 N–H and O–H groups in total. The Kier molecular flexibility index (Phi) is 2.35. The fraction of sp³-hybridized carbons (Fsp3) is 0.100. The van der Waals surface area contributed by atoms with Crippen LogP contribution >= 0.6 is 22.6 Å². The molecule has 0 aliphatic heterocycles. The Bertz CT molecular complexity index is 442. The van der Waals surface area contributed by atoms with Gasteiger partial charge in [-0.3, -0.25) is 4.98 Å². The predicted molar refractivity (Wildman–Crippen MR) is 61.0 cm³/mol. The first-order chi connectivity index (χ1) is 6.31. The van der Waals surface area contributed by atoms with E-state index in [1.807, 2.05) is 30.5 Å². The summed E-state index contributed by atoms with van der Waals surface area (Å²) in [6, 6.07) is 7.88. The van der Waals surface area contributed by atoms with Gasteiger partial charge in [-0.15, -0.1) is 0 Å². The summed E-state index contributed by atoms with van der Waals surface area (Å²) in [6.45, 7) is 0. The summed E-state index contributed by atoms with van der Waals surface area (Å²) in [5.74, 6) is 0.874. The molecular formula is C10H8INO. The highest BCUT2D eigenvalue weighted by Gasteiger charge is 2.00.